The lowest BCUT2D eigenvalue weighted by molar-refractivity contribution is -0.0229. The van der Waals surface area contributed by atoms with Crippen LogP contribution in [0.3, 0.4) is 0 Å². The fourth-order valence-corrected chi connectivity index (χ4v) is 3.39. The van der Waals surface area contributed by atoms with E-state index in [9.17, 15) is 0 Å². The zero-order valence-corrected chi connectivity index (χ0v) is 11.1. The summed E-state index contributed by atoms with van der Waals surface area (Å²) < 4.78 is 0. The fourth-order valence-electron chi connectivity index (χ4n) is 3.39. The van der Waals surface area contributed by atoms with Gasteiger partial charge in [-0.05, 0) is 41.4 Å². The van der Waals surface area contributed by atoms with Gasteiger partial charge in [-0.2, -0.15) is 0 Å². The van der Waals surface area contributed by atoms with Crippen molar-refractivity contribution in [1.29, 1.82) is 0 Å². The first-order chi connectivity index (χ1) is 6.28. The predicted octanol–water partition coefficient (Wildman–Crippen LogP) is 4.60. The molecule has 0 amide bonds. The van der Waals surface area contributed by atoms with Crippen molar-refractivity contribution in [3.8, 4) is 0 Å². The maximum Gasteiger partial charge on any atom is -0.0298 e. The van der Waals surface area contributed by atoms with Gasteiger partial charge in [-0.1, -0.05) is 48.5 Å². The Hall–Kier alpha value is 0. The molecule has 1 fully saturated rings. The maximum absolute atomic E-state index is 2.47. The molecule has 1 rings (SSSR count). The van der Waals surface area contributed by atoms with Crippen LogP contribution in [0.25, 0.3) is 0 Å². The Balaban J connectivity index is 2.87. The monoisotopic (exact) mass is 196 g/mol. The molecular formula is C14H28. The highest BCUT2D eigenvalue weighted by molar-refractivity contribution is 4.93. The van der Waals surface area contributed by atoms with Crippen LogP contribution in [0.15, 0.2) is 0 Å². The highest BCUT2D eigenvalue weighted by Crippen LogP contribution is 2.51. The van der Waals surface area contributed by atoms with Crippen molar-refractivity contribution in [1.82, 2.24) is 0 Å². The third kappa shape index (κ3) is 1.85. The van der Waals surface area contributed by atoms with E-state index in [0.717, 1.165) is 29.6 Å². The molecule has 84 valence electrons. The lowest BCUT2D eigenvalue weighted by Gasteiger charge is -2.51. The summed E-state index contributed by atoms with van der Waals surface area (Å²) in [5.74, 6) is 4.41. The van der Waals surface area contributed by atoms with Gasteiger partial charge >= 0.3 is 0 Å². The van der Waals surface area contributed by atoms with E-state index >= 15 is 0 Å². The Bertz CT molecular complexity index is 190. The zero-order valence-electron chi connectivity index (χ0n) is 11.1. The van der Waals surface area contributed by atoms with E-state index in [-0.39, 0.29) is 0 Å². The van der Waals surface area contributed by atoms with E-state index in [1.165, 1.54) is 6.42 Å². The second-order valence-corrected chi connectivity index (χ2v) is 6.52. The molecule has 4 unspecified atom stereocenters. The van der Waals surface area contributed by atoms with Crippen molar-refractivity contribution in [2.24, 2.45) is 35.0 Å². The topological polar surface area (TPSA) is 0 Å². The summed E-state index contributed by atoms with van der Waals surface area (Å²) in [4.78, 5) is 0. The maximum atomic E-state index is 2.47. The Morgan fingerprint density at radius 2 is 1.50 bits per heavy atom. The van der Waals surface area contributed by atoms with Crippen LogP contribution in [0, 0.1) is 35.0 Å². The largest absolute Gasteiger partial charge is 0.0625 e. The molecule has 4 atom stereocenters. The Morgan fingerprint density at radius 1 is 1.00 bits per heavy atom. The summed E-state index contributed by atoms with van der Waals surface area (Å²) >= 11 is 0. The fraction of sp³-hybridized carbons (Fsp3) is 1.00. The molecule has 0 spiro atoms. The highest BCUT2D eigenvalue weighted by atomic mass is 14.5. The zero-order chi connectivity index (χ0) is 11.1. The lowest BCUT2D eigenvalue weighted by Crippen LogP contribution is -2.44. The van der Waals surface area contributed by atoms with Crippen LogP contribution in [0.2, 0.25) is 0 Å². The van der Waals surface area contributed by atoms with Crippen molar-refractivity contribution < 1.29 is 0 Å². The minimum Gasteiger partial charge on any atom is -0.0625 e. The molecule has 0 aromatic rings. The molecule has 1 aliphatic rings. The second kappa shape index (κ2) is 3.87. The SMILES string of the molecule is CC(C)C1CC(C)C(C)C(C)(C)C1C. The van der Waals surface area contributed by atoms with E-state index in [2.05, 4.69) is 48.5 Å². The van der Waals surface area contributed by atoms with E-state index in [0.29, 0.717) is 5.41 Å². The molecule has 0 heteroatoms. The summed E-state index contributed by atoms with van der Waals surface area (Å²) in [6.45, 7) is 17.1. The van der Waals surface area contributed by atoms with E-state index in [1.807, 2.05) is 0 Å². The summed E-state index contributed by atoms with van der Waals surface area (Å²) in [6.07, 6.45) is 1.43. The normalized spacial score (nSPS) is 42.9. The molecular weight excluding hydrogens is 168 g/mol. The molecule has 0 bridgehead atoms. The van der Waals surface area contributed by atoms with Gasteiger partial charge in [0, 0.05) is 0 Å². The van der Waals surface area contributed by atoms with Crippen molar-refractivity contribution in [2.75, 3.05) is 0 Å². The van der Waals surface area contributed by atoms with Gasteiger partial charge in [0.25, 0.3) is 0 Å². The first-order valence-electron chi connectivity index (χ1n) is 6.28. The van der Waals surface area contributed by atoms with Gasteiger partial charge in [-0.15, -0.1) is 0 Å². The van der Waals surface area contributed by atoms with Crippen LogP contribution in [-0.4, -0.2) is 0 Å². The average molecular weight is 196 g/mol. The molecule has 0 aromatic heterocycles. The highest BCUT2D eigenvalue weighted by Gasteiger charge is 2.44. The molecule has 0 N–H and O–H groups in total. The van der Waals surface area contributed by atoms with Gasteiger partial charge in [-0.25, -0.2) is 0 Å². The van der Waals surface area contributed by atoms with Crippen molar-refractivity contribution in [3.05, 3.63) is 0 Å². The number of hydrogen-bond donors (Lipinski definition) is 0. The smallest absolute Gasteiger partial charge is 0.0298 e. The third-order valence-corrected chi connectivity index (χ3v) is 5.34. The molecule has 14 heavy (non-hydrogen) atoms. The van der Waals surface area contributed by atoms with Gasteiger partial charge < -0.3 is 0 Å². The van der Waals surface area contributed by atoms with Crippen molar-refractivity contribution in [3.63, 3.8) is 0 Å². The van der Waals surface area contributed by atoms with Crippen molar-refractivity contribution >= 4 is 0 Å². The minimum absolute atomic E-state index is 0.520. The third-order valence-electron chi connectivity index (χ3n) is 5.34. The van der Waals surface area contributed by atoms with Crippen LogP contribution in [0.4, 0.5) is 0 Å². The predicted molar refractivity (Wildman–Crippen MR) is 64.2 cm³/mol. The summed E-state index contributed by atoms with van der Waals surface area (Å²) in [6, 6.07) is 0. The molecule has 0 radical (unpaired) electrons. The van der Waals surface area contributed by atoms with E-state index in [1.54, 1.807) is 0 Å². The Morgan fingerprint density at radius 3 is 1.93 bits per heavy atom. The van der Waals surface area contributed by atoms with Gasteiger partial charge in [0.15, 0.2) is 0 Å². The van der Waals surface area contributed by atoms with E-state index in [4.69, 9.17) is 0 Å². The van der Waals surface area contributed by atoms with Gasteiger partial charge in [0.1, 0.15) is 0 Å². The van der Waals surface area contributed by atoms with Gasteiger partial charge in [0.05, 0.1) is 0 Å². The number of rotatable bonds is 1. The molecule has 0 nitrogen and oxygen atoms in total. The molecule has 0 aliphatic heterocycles. The quantitative estimate of drug-likeness (QED) is 0.575. The van der Waals surface area contributed by atoms with Crippen molar-refractivity contribution in [2.45, 2.75) is 54.9 Å². The van der Waals surface area contributed by atoms with Crippen LogP contribution < -0.4 is 0 Å². The van der Waals surface area contributed by atoms with Gasteiger partial charge in [0.2, 0.25) is 0 Å². The van der Waals surface area contributed by atoms with Gasteiger partial charge in [-0.3, -0.25) is 0 Å². The molecule has 1 saturated carbocycles. The number of hydrogen-bond acceptors (Lipinski definition) is 0. The first kappa shape index (κ1) is 12.1. The van der Waals surface area contributed by atoms with Crippen LogP contribution in [0.1, 0.15) is 54.9 Å². The summed E-state index contributed by atoms with van der Waals surface area (Å²) in [5.41, 5.74) is 0.520. The molecule has 0 saturated heterocycles. The Labute approximate surface area is 90.5 Å². The standard InChI is InChI=1S/C14H28/c1-9(2)13-8-10(3)11(4)14(6,7)12(13)5/h9-13H,8H2,1-7H3. The van der Waals surface area contributed by atoms with Crippen LogP contribution in [-0.2, 0) is 0 Å². The van der Waals surface area contributed by atoms with Crippen LogP contribution in [0.5, 0.6) is 0 Å². The van der Waals surface area contributed by atoms with Crippen LogP contribution >= 0.6 is 0 Å². The lowest BCUT2D eigenvalue weighted by atomic mass is 9.54. The molecule has 0 aromatic carbocycles. The second-order valence-electron chi connectivity index (χ2n) is 6.52. The average Bonchev–Trinajstić information content (AvgIpc) is 2.08. The minimum atomic E-state index is 0.520. The summed E-state index contributed by atoms with van der Waals surface area (Å²) in [5, 5.41) is 0. The summed E-state index contributed by atoms with van der Waals surface area (Å²) in [7, 11) is 0. The Kier molecular flexibility index (Phi) is 3.33. The molecule has 0 heterocycles. The first-order valence-corrected chi connectivity index (χ1v) is 6.28. The molecule has 1 aliphatic carbocycles. The van der Waals surface area contributed by atoms with E-state index < -0.39 is 0 Å².